The zero-order valence-electron chi connectivity index (χ0n) is 21.0. The van der Waals surface area contributed by atoms with Crippen molar-refractivity contribution in [2.75, 3.05) is 13.1 Å². The Balaban J connectivity index is 1.05. The number of aromatic amines is 1. The smallest absolute Gasteiger partial charge is 0.197 e. The summed E-state index contributed by atoms with van der Waals surface area (Å²) in [5.74, 6) is 2.79. The number of fused-ring (bicyclic) bond motifs is 1. The number of nitrogens with zero attached hydrogens (tertiary/aromatic N) is 5. The highest BCUT2D eigenvalue weighted by Crippen LogP contribution is 2.33. The Bertz CT molecular complexity index is 1640. The third kappa shape index (κ3) is 4.31. The van der Waals surface area contributed by atoms with E-state index in [1.54, 1.807) is 6.26 Å². The molecule has 6 aromatic rings. The van der Waals surface area contributed by atoms with Crippen molar-refractivity contribution in [1.82, 2.24) is 29.5 Å². The van der Waals surface area contributed by atoms with Gasteiger partial charge in [-0.2, -0.15) is 0 Å². The first-order chi connectivity index (χ1) is 18.8. The zero-order valence-corrected chi connectivity index (χ0v) is 21.0. The van der Waals surface area contributed by atoms with E-state index < -0.39 is 0 Å². The molecule has 0 radical (unpaired) electrons. The lowest BCUT2D eigenvalue weighted by atomic mass is 9.95. The monoisotopic (exact) mass is 500 g/mol. The molecule has 7 nitrogen and oxygen atoms in total. The summed E-state index contributed by atoms with van der Waals surface area (Å²) >= 11 is 0. The van der Waals surface area contributed by atoms with E-state index in [1.807, 2.05) is 24.3 Å². The number of benzene rings is 2. The molecule has 0 unspecified atom stereocenters. The molecule has 1 aliphatic heterocycles. The molecule has 1 N–H and O–H groups in total. The molecule has 7 rings (SSSR count). The van der Waals surface area contributed by atoms with E-state index in [0.717, 1.165) is 72.2 Å². The van der Waals surface area contributed by atoms with Crippen molar-refractivity contribution in [2.45, 2.75) is 25.3 Å². The third-order valence-corrected chi connectivity index (χ3v) is 7.44. The molecule has 0 spiro atoms. The second-order valence-electron chi connectivity index (χ2n) is 9.89. The maximum absolute atomic E-state index is 5.44. The summed E-state index contributed by atoms with van der Waals surface area (Å²) < 4.78 is 7.61. The Hall–Kier alpha value is -4.49. The molecule has 1 saturated heterocycles. The van der Waals surface area contributed by atoms with Gasteiger partial charge in [-0.1, -0.05) is 60.7 Å². The number of piperidine rings is 1. The largest absolute Gasteiger partial charge is 0.461 e. The van der Waals surface area contributed by atoms with Gasteiger partial charge in [-0.25, -0.2) is 4.98 Å². The Morgan fingerprint density at radius 3 is 2.42 bits per heavy atom. The molecule has 38 heavy (non-hydrogen) atoms. The lowest BCUT2D eigenvalue weighted by Crippen LogP contribution is -2.32. The molecule has 0 saturated carbocycles. The fraction of sp³-hybridized carbons (Fsp3) is 0.194. The second kappa shape index (κ2) is 9.76. The highest BCUT2D eigenvalue weighted by molar-refractivity contribution is 5.82. The number of furan rings is 1. The van der Waals surface area contributed by atoms with Crippen molar-refractivity contribution < 1.29 is 4.42 Å². The minimum atomic E-state index is 0.399. The first-order valence-electron chi connectivity index (χ1n) is 13.1. The first kappa shape index (κ1) is 22.7. The minimum Gasteiger partial charge on any atom is -0.461 e. The molecule has 1 fully saturated rings. The number of imidazole rings is 1. The van der Waals surface area contributed by atoms with Crippen LogP contribution in [0.15, 0.2) is 102 Å². The van der Waals surface area contributed by atoms with Crippen LogP contribution >= 0.6 is 0 Å². The van der Waals surface area contributed by atoms with E-state index in [-0.39, 0.29) is 0 Å². The summed E-state index contributed by atoms with van der Waals surface area (Å²) in [5, 5.41) is 8.67. The van der Waals surface area contributed by atoms with Gasteiger partial charge in [-0.15, -0.1) is 10.2 Å². The first-order valence-corrected chi connectivity index (χ1v) is 13.1. The van der Waals surface area contributed by atoms with Crippen LogP contribution in [0.1, 0.15) is 30.1 Å². The molecule has 0 amide bonds. The van der Waals surface area contributed by atoms with Gasteiger partial charge in [-0.05, 0) is 55.8 Å². The molecule has 2 aromatic carbocycles. The zero-order chi connectivity index (χ0) is 25.3. The molecule has 1 aliphatic rings. The van der Waals surface area contributed by atoms with E-state index in [2.05, 4.69) is 91.3 Å². The van der Waals surface area contributed by atoms with Crippen molar-refractivity contribution in [3.63, 3.8) is 0 Å². The number of hydrogen-bond acceptors (Lipinski definition) is 5. The van der Waals surface area contributed by atoms with Crippen LogP contribution in [0.2, 0.25) is 0 Å². The summed E-state index contributed by atoms with van der Waals surface area (Å²) in [6.07, 6.45) is 5.87. The predicted octanol–water partition coefficient (Wildman–Crippen LogP) is 6.43. The molecule has 5 heterocycles. The van der Waals surface area contributed by atoms with Gasteiger partial charge in [0, 0.05) is 29.8 Å². The summed E-state index contributed by atoms with van der Waals surface area (Å²) in [7, 11) is 0. The third-order valence-electron chi connectivity index (χ3n) is 7.44. The second-order valence-corrected chi connectivity index (χ2v) is 9.89. The van der Waals surface area contributed by atoms with Crippen molar-refractivity contribution in [3.8, 4) is 34.1 Å². The number of H-pyrrole nitrogens is 1. The van der Waals surface area contributed by atoms with E-state index in [9.17, 15) is 0 Å². The Kier molecular flexibility index (Phi) is 5.83. The number of hydrogen-bond donors (Lipinski definition) is 1. The molecule has 188 valence electrons. The van der Waals surface area contributed by atoms with Crippen LogP contribution < -0.4 is 0 Å². The normalized spacial score (nSPS) is 14.8. The minimum absolute atomic E-state index is 0.399. The van der Waals surface area contributed by atoms with Crippen LogP contribution in [0.3, 0.4) is 0 Å². The maximum atomic E-state index is 5.44. The summed E-state index contributed by atoms with van der Waals surface area (Å²) in [6.45, 7) is 3.01. The van der Waals surface area contributed by atoms with Gasteiger partial charge in [0.1, 0.15) is 11.5 Å². The summed E-state index contributed by atoms with van der Waals surface area (Å²) in [4.78, 5) is 10.9. The summed E-state index contributed by atoms with van der Waals surface area (Å²) in [5.41, 5.74) is 6.70. The Labute approximate surface area is 220 Å². The van der Waals surface area contributed by atoms with Crippen LogP contribution in [0, 0.1) is 0 Å². The van der Waals surface area contributed by atoms with E-state index in [1.165, 1.54) is 5.56 Å². The van der Waals surface area contributed by atoms with E-state index >= 15 is 0 Å². The number of pyridine rings is 1. The Morgan fingerprint density at radius 1 is 0.816 bits per heavy atom. The van der Waals surface area contributed by atoms with Crippen LogP contribution in [-0.2, 0) is 6.54 Å². The van der Waals surface area contributed by atoms with Crippen molar-refractivity contribution in [1.29, 1.82) is 0 Å². The molecular weight excluding hydrogens is 472 g/mol. The molecular formula is C31H28N6O. The molecule has 4 aromatic heterocycles. The van der Waals surface area contributed by atoms with Crippen LogP contribution in [0.5, 0.6) is 0 Å². The quantitative estimate of drug-likeness (QED) is 0.285. The SMILES string of the molecule is c1ccc(-c2c(-c3ccc(CN4CCC(c5nnc(-c6ccco6)[nH]5)CC4)cc3)nc3ccccn23)cc1. The Morgan fingerprint density at radius 2 is 1.63 bits per heavy atom. The van der Waals surface area contributed by atoms with E-state index in [0.29, 0.717) is 11.7 Å². The number of rotatable bonds is 6. The molecule has 0 aliphatic carbocycles. The van der Waals surface area contributed by atoms with Gasteiger partial charge in [-0.3, -0.25) is 9.30 Å². The van der Waals surface area contributed by atoms with Gasteiger partial charge in [0.2, 0.25) is 0 Å². The van der Waals surface area contributed by atoms with Crippen molar-refractivity contribution >= 4 is 5.65 Å². The van der Waals surface area contributed by atoms with Crippen molar-refractivity contribution in [3.05, 3.63) is 109 Å². The average molecular weight is 501 g/mol. The van der Waals surface area contributed by atoms with Crippen LogP contribution in [0.25, 0.3) is 39.7 Å². The molecule has 7 heteroatoms. The van der Waals surface area contributed by atoms with E-state index in [4.69, 9.17) is 9.40 Å². The number of likely N-dealkylation sites (tertiary alicyclic amines) is 1. The number of nitrogens with one attached hydrogen (secondary N) is 1. The summed E-state index contributed by atoms with van der Waals surface area (Å²) in [6, 6.07) is 29.3. The average Bonchev–Trinajstić information content (AvgIpc) is 3.74. The van der Waals surface area contributed by atoms with Gasteiger partial charge in [0.25, 0.3) is 0 Å². The topological polar surface area (TPSA) is 75.2 Å². The van der Waals surface area contributed by atoms with Crippen LogP contribution in [0.4, 0.5) is 0 Å². The van der Waals surface area contributed by atoms with Crippen molar-refractivity contribution in [2.24, 2.45) is 0 Å². The van der Waals surface area contributed by atoms with Crippen LogP contribution in [-0.4, -0.2) is 42.6 Å². The fourth-order valence-corrected chi connectivity index (χ4v) is 5.44. The van der Waals surface area contributed by atoms with Gasteiger partial charge < -0.3 is 9.40 Å². The number of aromatic nitrogens is 5. The predicted molar refractivity (Wildman–Crippen MR) is 147 cm³/mol. The van der Waals surface area contributed by atoms with Gasteiger partial charge in [0.15, 0.2) is 11.6 Å². The lowest BCUT2D eigenvalue weighted by Gasteiger charge is -2.30. The highest BCUT2D eigenvalue weighted by Gasteiger charge is 2.24. The van der Waals surface area contributed by atoms with Gasteiger partial charge in [0.05, 0.1) is 17.7 Å². The van der Waals surface area contributed by atoms with Gasteiger partial charge >= 0.3 is 0 Å². The molecule has 0 atom stereocenters. The molecule has 0 bridgehead atoms. The highest BCUT2D eigenvalue weighted by atomic mass is 16.3. The lowest BCUT2D eigenvalue weighted by molar-refractivity contribution is 0.202. The maximum Gasteiger partial charge on any atom is 0.197 e. The fourth-order valence-electron chi connectivity index (χ4n) is 5.44. The standard InChI is InChI=1S/C31H28N6O/c1-2-7-24(8-3-1)29-28(32-27-10-4-5-17-37(27)29)23-13-11-22(12-14-23)21-36-18-15-25(16-19-36)30-33-31(35-34-30)26-9-6-20-38-26/h1-14,17,20,25H,15-16,18-19,21H2,(H,33,34,35).